The Morgan fingerprint density at radius 3 is 2.09 bits per heavy atom. The van der Waals surface area contributed by atoms with Crippen molar-refractivity contribution in [2.75, 3.05) is 0 Å². The van der Waals surface area contributed by atoms with Gasteiger partial charge in [0.05, 0.1) is 12.2 Å². The Morgan fingerprint density at radius 1 is 0.543 bits per heavy atom. The van der Waals surface area contributed by atoms with Crippen molar-refractivity contribution in [3.63, 3.8) is 0 Å². The Bertz CT molecular complexity index is 807. The summed E-state index contributed by atoms with van der Waals surface area (Å²) >= 11 is 0. The minimum Gasteiger partial charge on any atom is -0.374 e. The van der Waals surface area contributed by atoms with Crippen LogP contribution in [0, 0.1) is 52.8 Å². The van der Waals surface area contributed by atoms with Crippen LogP contribution in [0.15, 0.2) is 0 Å². The molecular weight excluding hydrogens is 426 g/mol. The minimum absolute atomic E-state index is 0.554. The lowest BCUT2D eigenvalue weighted by molar-refractivity contribution is -0.0559. The highest BCUT2D eigenvalue weighted by Gasteiger charge is 2.66. The number of hydrogen-bond donors (Lipinski definition) is 0. The molecule has 2 heteroatoms. The maximum Gasteiger partial charge on any atom is 0.0625 e. The molecule has 0 bridgehead atoms. The van der Waals surface area contributed by atoms with Gasteiger partial charge in [-0.1, -0.05) is 52.4 Å². The second-order valence-corrected chi connectivity index (χ2v) is 15.5. The molecular formula is C33H53NO. The van der Waals surface area contributed by atoms with Gasteiger partial charge in [0.25, 0.3) is 0 Å². The lowest BCUT2D eigenvalue weighted by Crippen LogP contribution is -2.58. The fraction of sp³-hybridized carbons (Fsp3) is 1.00. The summed E-state index contributed by atoms with van der Waals surface area (Å²) in [5.74, 6) is 7.90. The number of fused-ring (bicyclic) bond motifs is 10. The van der Waals surface area contributed by atoms with Gasteiger partial charge in [-0.05, 0) is 117 Å². The van der Waals surface area contributed by atoms with Crippen LogP contribution in [0.4, 0.5) is 0 Å². The summed E-state index contributed by atoms with van der Waals surface area (Å²) in [7, 11) is 0. The second-order valence-electron chi connectivity index (χ2n) is 15.5. The van der Waals surface area contributed by atoms with Crippen molar-refractivity contribution in [2.45, 2.75) is 153 Å². The fourth-order valence-corrected chi connectivity index (χ4v) is 13.3. The van der Waals surface area contributed by atoms with Crippen LogP contribution < -0.4 is 0 Å². The van der Waals surface area contributed by atoms with Crippen molar-refractivity contribution >= 4 is 0 Å². The molecule has 0 amide bonds. The average molecular weight is 480 g/mol. The Morgan fingerprint density at radius 2 is 1.20 bits per heavy atom. The number of nitrogens with zero attached hydrogens (tertiary/aromatic N) is 1. The molecule has 0 aromatic heterocycles. The van der Waals surface area contributed by atoms with Crippen LogP contribution >= 0.6 is 0 Å². The van der Waals surface area contributed by atoms with E-state index in [9.17, 15) is 0 Å². The van der Waals surface area contributed by atoms with Gasteiger partial charge < -0.3 is 4.74 Å². The largest absolute Gasteiger partial charge is 0.374 e. The molecule has 0 radical (unpaired) electrons. The molecule has 13 atom stereocenters. The van der Waals surface area contributed by atoms with Crippen molar-refractivity contribution in [2.24, 2.45) is 52.8 Å². The molecule has 2 nitrogen and oxygen atoms in total. The molecule has 0 aromatic rings. The molecule has 6 aliphatic carbocycles. The first-order valence-corrected chi connectivity index (χ1v) is 16.6. The zero-order valence-electron chi connectivity index (χ0n) is 22.9. The van der Waals surface area contributed by atoms with Crippen molar-refractivity contribution < 1.29 is 4.74 Å². The van der Waals surface area contributed by atoms with Gasteiger partial charge in [-0.2, -0.15) is 0 Å². The van der Waals surface area contributed by atoms with Gasteiger partial charge in [0.1, 0.15) is 0 Å². The molecule has 0 aromatic carbocycles. The summed E-state index contributed by atoms with van der Waals surface area (Å²) < 4.78 is 6.91. The Labute approximate surface area is 215 Å². The average Bonchev–Trinajstić information content (AvgIpc) is 3.50. The maximum absolute atomic E-state index is 6.91. The predicted molar refractivity (Wildman–Crippen MR) is 142 cm³/mol. The van der Waals surface area contributed by atoms with E-state index in [1.165, 1.54) is 77.0 Å². The van der Waals surface area contributed by atoms with Crippen molar-refractivity contribution in [1.82, 2.24) is 4.90 Å². The van der Waals surface area contributed by atoms with E-state index in [1.807, 2.05) is 0 Å². The van der Waals surface area contributed by atoms with E-state index in [0.29, 0.717) is 17.6 Å². The Kier molecular flexibility index (Phi) is 5.53. The van der Waals surface area contributed by atoms with Gasteiger partial charge in [-0.3, -0.25) is 4.90 Å². The SMILES string of the molecule is CC1(C)C2CCCCC2C2CCC3C4CCCCC4N(C4CCCC5OC6CCCCC6C54)C3C21. The maximum atomic E-state index is 6.91. The molecule has 0 spiro atoms. The molecule has 6 saturated carbocycles. The third kappa shape index (κ3) is 3.20. The zero-order valence-corrected chi connectivity index (χ0v) is 22.9. The summed E-state index contributed by atoms with van der Waals surface area (Å²) in [6.45, 7) is 5.53. The van der Waals surface area contributed by atoms with Gasteiger partial charge in [-0.15, -0.1) is 0 Å². The van der Waals surface area contributed by atoms with Gasteiger partial charge >= 0.3 is 0 Å². The van der Waals surface area contributed by atoms with Crippen LogP contribution in [0.25, 0.3) is 0 Å². The van der Waals surface area contributed by atoms with E-state index in [1.54, 1.807) is 32.1 Å². The van der Waals surface area contributed by atoms with Crippen molar-refractivity contribution in [3.8, 4) is 0 Å². The van der Waals surface area contributed by atoms with E-state index in [2.05, 4.69) is 18.7 Å². The highest BCUT2D eigenvalue weighted by Crippen LogP contribution is 2.68. The van der Waals surface area contributed by atoms with Gasteiger partial charge in [0.15, 0.2) is 0 Å². The molecule has 2 saturated heterocycles. The Balaban J connectivity index is 1.20. The molecule has 0 N–H and O–H groups in total. The third-order valence-corrected chi connectivity index (χ3v) is 14.2. The van der Waals surface area contributed by atoms with Crippen LogP contribution in [0.1, 0.15) is 123 Å². The smallest absolute Gasteiger partial charge is 0.0625 e. The highest BCUT2D eigenvalue weighted by molar-refractivity contribution is 5.17. The van der Waals surface area contributed by atoms with E-state index < -0.39 is 0 Å². The number of likely N-dealkylation sites (tertiary alicyclic amines) is 1. The monoisotopic (exact) mass is 479 g/mol. The molecule has 8 fully saturated rings. The highest BCUT2D eigenvalue weighted by atomic mass is 16.5. The summed E-state index contributed by atoms with van der Waals surface area (Å²) in [5.41, 5.74) is 0.554. The quantitative estimate of drug-likeness (QED) is 0.380. The third-order valence-electron chi connectivity index (χ3n) is 14.2. The summed E-state index contributed by atoms with van der Waals surface area (Å²) in [6.07, 6.45) is 26.6. The minimum atomic E-state index is 0.554. The molecule has 8 aliphatic rings. The van der Waals surface area contributed by atoms with Crippen molar-refractivity contribution in [1.29, 1.82) is 0 Å². The van der Waals surface area contributed by atoms with Gasteiger partial charge in [-0.25, -0.2) is 0 Å². The predicted octanol–water partition coefficient (Wildman–Crippen LogP) is 7.84. The normalized spacial score (nSPS) is 56.9. The van der Waals surface area contributed by atoms with Crippen molar-refractivity contribution in [3.05, 3.63) is 0 Å². The van der Waals surface area contributed by atoms with Crippen LogP contribution in [-0.4, -0.2) is 35.2 Å². The molecule has 196 valence electrons. The summed E-state index contributed by atoms with van der Waals surface area (Å²) in [4.78, 5) is 3.39. The second kappa shape index (κ2) is 8.46. The number of rotatable bonds is 1. The number of hydrogen-bond acceptors (Lipinski definition) is 2. The van der Waals surface area contributed by atoms with Gasteiger partial charge in [0.2, 0.25) is 0 Å². The van der Waals surface area contributed by atoms with Gasteiger partial charge in [0, 0.05) is 24.0 Å². The van der Waals surface area contributed by atoms with Crippen LogP contribution in [0.3, 0.4) is 0 Å². The van der Waals surface area contributed by atoms with E-state index >= 15 is 0 Å². The molecule has 8 rings (SSSR count). The van der Waals surface area contributed by atoms with E-state index in [0.717, 1.165) is 65.5 Å². The standard InChI is InChI=1S/C33H53NO/c1-33(2)25-13-6-3-10-20(25)22-18-19-23-21-11-4-7-14-26(21)34(32(23)31(22)33)27-15-9-17-29-30(27)24-12-5-8-16-28(24)35-29/h20-32H,3-19H2,1-2H3. The Hall–Kier alpha value is -0.0800. The van der Waals surface area contributed by atoms with Crippen LogP contribution in [0.5, 0.6) is 0 Å². The zero-order chi connectivity index (χ0) is 23.3. The first-order chi connectivity index (χ1) is 17.1. The first kappa shape index (κ1) is 22.9. The summed E-state index contributed by atoms with van der Waals surface area (Å²) in [6, 6.07) is 2.68. The lowest BCUT2D eigenvalue weighted by atomic mass is 9.61. The fourth-order valence-electron chi connectivity index (χ4n) is 13.3. The van der Waals surface area contributed by atoms with Crippen LogP contribution in [0.2, 0.25) is 0 Å². The van der Waals surface area contributed by atoms with E-state index in [4.69, 9.17) is 4.74 Å². The van der Waals surface area contributed by atoms with Crippen LogP contribution in [-0.2, 0) is 4.74 Å². The first-order valence-electron chi connectivity index (χ1n) is 16.6. The summed E-state index contributed by atoms with van der Waals surface area (Å²) in [5, 5.41) is 0. The van der Waals surface area contributed by atoms with E-state index in [-0.39, 0.29) is 0 Å². The topological polar surface area (TPSA) is 12.5 Å². The number of ether oxygens (including phenoxy) is 1. The molecule has 2 heterocycles. The lowest BCUT2D eigenvalue weighted by Gasteiger charge is -2.52. The molecule has 13 unspecified atom stereocenters. The molecule has 35 heavy (non-hydrogen) atoms. The molecule has 2 aliphatic heterocycles.